The Bertz CT molecular complexity index is 1540. The predicted molar refractivity (Wildman–Crippen MR) is 138 cm³/mol. The minimum atomic E-state index is -0.794. The van der Waals surface area contributed by atoms with Crippen molar-refractivity contribution in [2.45, 2.75) is 40.7 Å². The van der Waals surface area contributed by atoms with Gasteiger partial charge in [0, 0.05) is 11.8 Å². The summed E-state index contributed by atoms with van der Waals surface area (Å²) in [6.45, 7) is 9.08. The van der Waals surface area contributed by atoms with Crippen LogP contribution >= 0.6 is 22.7 Å². The smallest absolute Gasteiger partial charge is 0.338 e. The van der Waals surface area contributed by atoms with Gasteiger partial charge in [-0.3, -0.25) is 14.2 Å². The van der Waals surface area contributed by atoms with Crippen LogP contribution in [0.5, 0.6) is 11.5 Å². The molecule has 1 aromatic carbocycles. The summed E-state index contributed by atoms with van der Waals surface area (Å²) in [5.74, 6) is -0.441. The third kappa shape index (κ3) is 4.91. The third-order valence-electron chi connectivity index (χ3n) is 5.52. The molecule has 3 aromatic rings. The fourth-order valence-corrected chi connectivity index (χ4v) is 5.92. The monoisotopic (exact) mass is 526 g/mol. The number of thiazole rings is 1. The van der Waals surface area contributed by atoms with E-state index >= 15 is 0 Å². The number of carbonyl (C=O) groups is 2. The van der Waals surface area contributed by atoms with E-state index in [0.29, 0.717) is 33.0 Å². The summed E-state index contributed by atoms with van der Waals surface area (Å²) in [4.78, 5) is 44.4. The molecule has 0 N–H and O–H groups in total. The second-order valence-electron chi connectivity index (χ2n) is 8.00. The molecule has 0 radical (unpaired) electrons. The number of benzene rings is 1. The molecule has 36 heavy (non-hydrogen) atoms. The van der Waals surface area contributed by atoms with Crippen LogP contribution in [0.4, 0.5) is 0 Å². The largest absolute Gasteiger partial charge is 0.490 e. The van der Waals surface area contributed by atoms with Gasteiger partial charge in [-0.25, -0.2) is 9.79 Å². The van der Waals surface area contributed by atoms with Crippen molar-refractivity contribution in [3.63, 3.8) is 0 Å². The highest BCUT2D eigenvalue weighted by Gasteiger charge is 2.34. The Morgan fingerprint density at radius 2 is 1.92 bits per heavy atom. The molecule has 1 atom stereocenters. The number of aromatic nitrogens is 1. The van der Waals surface area contributed by atoms with Gasteiger partial charge in [0.2, 0.25) is 0 Å². The maximum absolute atomic E-state index is 13.7. The van der Waals surface area contributed by atoms with E-state index in [1.807, 2.05) is 31.4 Å². The number of esters is 2. The quantitative estimate of drug-likeness (QED) is 0.345. The fraction of sp³-hybridized carbons (Fsp3) is 0.308. The zero-order valence-electron chi connectivity index (χ0n) is 20.6. The first kappa shape index (κ1) is 25.6. The summed E-state index contributed by atoms with van der Waals surface area (Å²) >= 11 is 2.82. The molecule has 0 aliphatic carbocycles. The first-order chi connectivity index (χ1) is 17.2. The Labute approximate surface area is 215 Å². The lowest BCUT2D eigenvalue weighted by atomic mass is 9.95. The van der Waals surface area contributed by atoms with E-state index in [4.69, 9.17) is 14.2 Å². The van der Waals surface area contributed by atoms with Crippen LogP contribution in [0.15, 0.2) is 50.7 Å². The number of thiophene rings is 1. The van der Waals surface area contributed by atoms with Gasteiger partial charge in [0.05, 0.1) is 35.1 Å². The Morgan fingerprint density at radius 3 is 2.56 bits per heavy atom. The number of allylic oxidation sites excluding steroid dienone is 1. The SMILES string of the molecule is CCOC(=O)C1=C(C)N=c2s/c(=C\c3sccc3C)c(=O)n2[C@@H]1c1ccc(OC(C)=O)c(OCC)c1. The molecule has 1 aliphatic rings. The molecule has 0 spiro atoms. The molecule has 2 aromatic heterocycles. The second kappa shape index (κ2) is 10.6. The molecule has 3 heterocycles. The maximum Gasteiger partial charge on any atom is 0.338 e. The number of hydrogen-bond acceptors (Lipinski definition) is 9. The van der Waals surface area contributed by atoms with Gasteiger partial charge < -0.3 is 14.2 Å². The van der Waals surface area contributed by atoms with Crippen molar-refractivity contribution < 1.29 is 23.8 Å². The Kier molecular flexibility index (Phi) is 7.56. The van der Waals surface area contributed by atoms with Crippen molar-refractivity contribution in [2.75, 3.05) is 13.2 Å². The number of nitrogens with zero attached hydrogens (tertiary/aromatic N) is 2. The van der Waals surface area contributed by atoms with Gasteiger partial charge in [0.1, 0.15) is 0 Å². The molecule has 188 valence electrons. The maximum atomic E-state index is 13.7. The van der Waals surface area contributed by atoms with E-state index in [9.17, 15) is 14.4 Å². The molecule has 0 amide bonds. The molecule has 4 rings (SSSR count). The fourth-order valence-electron chi connectivity index (χ4n) is 3.96. The van der Waals surface area contributed by atoms with Gasteiger partial charge in [0.15, 0.2) is 16.3 Å². The second-order valence-corrected chi connectivity index (χ2v) is 9.96. The van der Waals surface area contributed by atoms with Crippen LogP contribution in [0.1, 0.15) is 49.7 Å². The normalized spacial score (nSPS) is 15.4. The average molecular weight is 527 g/mol. The van der Waals surface area contributed by atoms with Crippen LogP contribution < -0.4 is 24.4 Å². The Balaban J connectivity index is 1.96. The van der Waals surface area contributed by atoms with Crippen LogP contribution in [0.3, 0.4) is 0 Å². The summed E-state index contributed by atoms with van der Waals surface area (Å²) in [5.41, 5.74) is 2.17. The zero-order chi connectivity index (χ0) is 26.0. The lowest BCUT2D eigenvalue weighted by Crippen LogP contribution is -2.40. The van der Waals surface area contributed by atoms with E-state index in [0.717, 1.165) is 10.4 Å². The number of aryl methyl sites for hydroxylation is 1. The van der Waals surface area contributed by atoms with Crippen LogP contribution in [0.25, 0.3) is 6.08 Å². The summed E-state index contributed by atoms with van der Waals surface area (Å²) in [5, 5.41) is 1.98. The van der Waals surface area contributed by atoms with Crippen LogP contribution in [-0.2, 0) is 14.3 Å². The van der Waals surface area contributed by atoms with E-state index in [1.165, 1.54) is 22.8 Å². The van der Waals surface area contributed by atoms with Crippen LogP contribution in [0, 0.1) is 6.92 Å². The van der Waals surface area contributed by atoms with Crippen molar-refractivity contribution in [1.82, 2.24) is 4.57 Å². The summed E-state index contributed by atoms with van der Waals surface area (Å²) in [7, 11) is 0. The minimum absolute atomic E-state index is 0.181. The summed E-state index contributed by atoms with van der Waals surface area (Å²) in [6.07, 6.45) is 1.86. The van der Waals surface area contributed by atoms with Gasteiger partial charge in [0.25, 0.3) is 5.56 Å². The van der Waals surface area contributed by atoms with Crippen molar-refractivity contribution in [2.24, 2.45) is 4.99 Å². The van der Waals surface area contributed by atoms with Gasteiger partial charge in [-0.1, -0.05) is 17.4 Å². The van der Waals surface area contributed by atoms with E-state index < -0.39 is 18.0 Å². The zero-order valence-corrected chi connectivity index (χ0v) is 22.2. The molecule has 0 fully saturated rings. The van der Waals surface area contributed by atoms with Crippen molar-refractivity contribution in [3.05, 3.63) is 76.6 Å². The third-order valence-corrected chi connectivity index (χ3v) is 7.47. The lowest BCUT2D eigenvalue weighted by molar-refractivity contribution is -0.139. The van der Waals surface area contributed by atoms with Gasteiger partial charge in [-0.2, -0.15) is 0 Å². The standard InChI is InChI=1S/C26H26N2O6S2/c1-6-32-19-12-17(8-9-18(19)34-16(5)29)23-22(25(31)33-7-2)15(4)27-26-28(23)24(30)21(36-26)13-20-14(3)10-11-35-20/h8-13,23H,6-7H2,1-5H3/b21-13-/t23-/m1/s1. The lowest BCUT2D eigenvalue weighted by Gasteiger charge is -2.25. The molecule has 1 aliphatic heterocycles. The van der Waals surface area contributed by atoms with Crippen LogP contribution in [0.2, 0.25) is 0 Å². The molecule has 10 heteroatoms. The van der Waals surface area contributed by atoms with E-state index in [1.54, 1.807) is 43.4 Å². The molecule has 0 saturated heterocycles. The van der Waals surface area contributed by atoms with Crippen molar-refractivity contribution in [1.29, 1.82) is 0 Å². The van der Waals surface area contributed by atoms with Gasteiger partial charge >= 0.3 is 11.9 Å². The van der Waals surface area contributed by atoms with E-state index in [2.05, 4.69) is 4.99 Å². The van der Waals surface area contributed by atoms with Crippen molar-refractivity contribution in [3.8, 4) is 11.5 Å². The molecular formula is C26H26N2O6S2. The number of rotatable bonds is 7. The molecule has 0 saturated carbocycles. The molecule has 0 bridgehead atoms. The Morgan fingerprint density at radius 1 is 1.14 bits per heavy atom. The molecular weight excluding hydrogens is 500 g/mol. The first-order valence-corrected chi connectivity index (χ1v) is 13.1. The summed E-state index contributed by atoms with van der Waals surface area (Å²) in [6, 6.07) is 6.20. The topological polar surface area (TPSA) is 96.2 Å². The molecule has 8 nitrogen and oxygen atoms in total. The highest BCUT2D eigenvalue weighted by Crippen LogP contribution is 2.36. The number of carbonyl (C=O) groups excluding carboxylic acids is 2. The number of ether oxygens (including phenoxy) is 3. The van der Waals surface area contributed by atoms with Gasteiger partial charge in [-0.15, -0.1) is 11.3 Å². The van der Waals surface area contributed by atoms with Crippen molar-refractivity contribution >= 4 is 40.7 Å². The minimum Gasteiger partial charge on any atom is -0.490 e. The average Bonchev–Trinajstić information content (AvgIpc) is 3.36. The Hall–Kier alpha value is -3.50. The highest BCUT2D eigenvalue weighted by molar-refractivity contribution is 7.11. The van der Waals surface area contributed by atoms with E-state index in [-0.39, 0.29) is 23.5 Å². The van der Waals surface area contributed by atoms with Gasteiger partial charge in [-0.05, 0) is 68.5 Å². The predicted octanol–water partition coefficient (Wildman–Crippen LogP) is 3.49. The highest BCUT2D eigenvalue weighted by atomic mass is 32.1. The first-order valence-electron chi connectivity index (χ1n) is 11.4. The number of fused-ring (bicyclic) bond motifs is 1. The molecule has 0 unspecified atom stereocenters. The van der Waals surface area contributed by atoms with Crippen LogP contribution in [-0.4, -0.2) is 29.7 Å². The number of hydrogen-bond donors (Lipinski definition) is 0. The summed E-state index contributed by atoms with van der Waals surface area (Å²) < 4.78 is 18.4.